The highest BCUT2D eigenvalue weighted by atomic mass is 32.1. The van der Waals surface area contributed by atoms with Crippen molar-refractivity contribution in [3.05, 3.63) is 0 Å². The number of aliphatic carboxylic acids is 1. The van der Waals surface area contributed by atoms with Crippen molar-refractivity contribution in [2.75, 3.05) is 5.75 Å². The molecular formula is C12H21N5O6S. The first-order valence-corrected chi connectivity index (χ1v) is 7.48. The summed E-state index contributed by atoms with van der Waals surface area (Å²) in [4.78, 5) is 56.5. The Morgan fingerprint density at radius 3 is 1.92 bits per heavy atom. The average molecular weight is 363 g/mol. The van der Waals surface area contributed by atoms with Crippen LogP contribution in [0.15, 0.2) is 0 Å². The minimum atomic E-state index is -1.41. The number of carbonyl (C=O) groups excluding carboxylic acids is 4. The van der Waals surface area contributed by atoms with Crippen LogP contribution in [0.25, 0.3) is 0 Å². The number of hydrogen-bond acceptors (Lipinski definition) is 7. The molecule has 0 aromatic heterocycles. The Kier molecular flexibility index (Phi) is 9.42. The molecule has 136 valence electrons. The van der Waals surface area contributed by atoms with Crippen LogP contribution in [0.5, 0.6) is 0 Å². The first-order chi connectivity index (χ1) is 11.1. The molecule has 0 saturated carbocycles. The molecule has 24 heavy (non-hydrogen) atoms. The van der Waals surface area contributed by atoms with E-state index < -0.39 is 54.1 Å². The fourth-order valence-corrected chi connectivity index (χ4v) is 1.82. The largest absolute Gasteiger partial charge is 0.480 e. The summed E-state index contributed by atoms with van der Waals surface area (Å²) in [5.74, 6) is -4.81. The molecule has 9 N–H and O–H groups in total. The summed E-state index contributed by atoms with van der Waals surface area (Å²) in [6.07, 6.45) is -0.749. The zero-order valence-electron chi connectivity index (χ0n) is 12.7. The second kappa shape index (κ2) is 10.4. The Morgan fingerprint density at radius 2 is 1.50 bits per heavy atom. The molecule has 4 amide bonds. The molecule has 0 fully saturated rings. The Bertz CT molecular complexity index is 514. The lowest BCUT2D eigenvalue weighted by Crippen LogP contribution is -2.55. The zero-order chi connectivity index (χ0) is 18.9. The van der Waals surface area contributed by atoms with Crippen LogP contribution in [0.2, 0.25) is 0 Å². The maximum absolute atomic E-state index is 12.0. The summed E-state index contributed by atoms with van der Waals surface area (Å²) in [6.45, 7) is 0. The van der Waals surface area contributed by atoms with Gasteiger partial charge in [0.05, 0.1) is 12.5 Å². The Hall–Kier alpha value is -2.34. The minimum Gasteiger partial charge on any atom is -0.480 e. The average Bonchev–Trinajstić information content (AvgIpc) is 2.48. The lowest BCUT2D eigenvalue weighted by atomic mass is 10.1. The molecular weight excluding hydrogens is 342 g/mol. The van der Waals surface area contributed by atoms with Gasteiger partial charge < -0.3 is 32.9 Å². The van der Waals surface area contributed by atoms with Gasteiger partial charge in [0.2, 0.25) is 23.6 Å². The van der Waals surface area contributed by atoms with E-state index in [-0.39, 0.29) is 18.6 Å². The van der Waals surface area contributed by atoms with Crippen molar-refractivity contribution in [2.45, 2.75) is 37.4 Å². The van der Waals surface area contributed by atoms with Gasteiger partial charge in [-0.1, -0.05) is 0 Å². The number of carboxylic acid groups (broad SMARTS) is 1. The highest BCUT2D eigenvalue weighted by molar-refractivity contribution is 7.80. The van der Waals surface area contributed by atoms with Crippen molar-refractivity contribution in [3.63, 3.8) is 0 Å². The number of carboxylic acids is 1. The van der Waals surface area contributed by atoms with Crippen molar-refractivity contribution >= 4 is 42.2 Å². The van der Waals surface area contributed by atoms with Gasteiger partial charge in [-0.05, 0) is 6.42 Å². The predicted molar refractivity (Wildman–Crippen MR) is 85.6 cm³/mol. The molecule has 0 spiro atoms. The summed E-state index contributed by atoms with van der Waals surface area (Å²) < 4.78 is 0. The van der Waals surface area contributed by atoms with Crippen LogP contribution in [-0.2, 0) is 24.0 Å². The van der Waals surface area contributed by atoms with Crippen molar-refractivity contribution in [1.82, 2.24) is 10.6 Å². The zero-order valence-corrected chi connectivity index (χ0v) is 13.6. The van der Waals surface area contributed by atoms with Gasteiger partial charge in [-0.2, -0.15) is 12.6 Å². The summed E-state index contributed by atoms with van der Waals surface area (Å²) in [5, 5.41) is 13.2. The first-order valence-electron chi connectivity index (χ1n) is 6.85. The van der Waals surface area contributed by atoms with Crippen LogP contribution < -0.4 is 27.8 Å². The van der Waals surface area contributed by atoms with Gasteiger partial charge in [0.15, 0.2) is 0 Å². The molecule has 0 aliphatic carbocycles. The van der Waals surface area contributed by atoms with E-state index in [2.05, 4.69) is 23.3 Å². The molecule has 0 heterocycles. The third-order valence-corrected chi connectivity index (χ3v) is 3.24. The van der Waals surface area contributed by atoms with Crippen LogP contribution >= 0.6 is 12.6 Å². The summed E-state index contributed by atoms with van der Waals surface area (Å²) in [6, 6.07) is -3.85. The number of primary amides is 2. The van der Waals surface area contributed by atoms with Crippen molar-refractivity contribution in [2.24, 2.45) is 17.2 Å². The monoisotopic (exact) mass is 363 g/mol. The van der Waals surface area contributed by atoms with Crippen LogP contribution in [0.1, 0.15) is 19.3 Å². The van der Waals surface area contributed by atoms with E-state index in [0.29, 0.717) is 0 Å². The number of rotatable bonds is 11. The predicted octanol–water partition coefficient (Wildman–Crippen LogP) is -3.56. The molecule has 0 aliphatic rings. The minimum absolute atomic E-state index is 0.0551. The normalized spacial score (nSPS) is 14.1. The number of amides is 4. The molecule has 0 aromatic rings. The Labute approximate surface area is 143 Å². The third kappa shape index (κ3) is 8.33. The van der Waals surface area contributed by atoms with Crippen LogP contribution in [0.4, 0.5) is 0 Å². The standard InChI is InChI=1S/C12H21N5O6S/c13-5(1-2-8(14)18)10(20)16-6(3-9(15)19)11(21)17-7(4-24)12(22)23/h5-7,24H,1-4,13H2,(H2,14,18)(H2,15,19)(H,16,20)(H,17,21)(H,22,23). The fraction of sp³-hybridized carbons (Fsp3) is 0.583. The Morgan fingerprint density at radius 1 is 0.958 bits per heavy atom. The maximum Gasteiger partial charge on any atom is 0.327 e. The number of nitrogens with one attached hydrogen (secondary N) is 2. The van der Waals surface area contributed by atoms with Crippen LogP contribution in [-0.4, -0.2) is 58.6 Å². The summed E-state index contributed by atoms with van der Waals surface area (Å²) >= 11 is 3.78. The SMILES string of the molecule is NC(=O)CCC(N)C(=O)NC(CC(N)=O)C(=O)NC(CS)C(=O)O. The second-order valence-electron chi connectivity index (χ2n) is 4.93. The molecule has 12 heteroatoms. The molecule has 0 aromatic carbocycles. The van der Waals surface area contributed by atoms with E-state index in [0.717, 1.165) is 0 Å². The summed E-state index contributed by atoms with van der Waals surface area (Å²) in [7, 11) is 0. The Balaban J connectivity index is 4.90. The van der Waals surface area contributed by atoms with Gasteiger partial charge in [0.1, 0.15) is 12.1 Å². The first kappa shape index (κ1) is 21.7. The number of hydrogen-bond donors (Lipinski definition) is 7. The fourth-order valence-electron chi connectivity index (χ4n) is 1.58. The molecule has 0 rings (SSSR count). The lowest BCUT2D eigenvalue weighted by molar-refractivity contribution is -0.141. The molecule has 0 bridgehead atoms. The van der Waals surface area contributed by atoms with E-state index in [4.69, 9.17) is 22.3 Å². The number of nitrogens with two attached hydrogens (primary N) is 3. The molecule has 0 radical (unpaired) electrons. The van der Waals surface area contributed by atoms with E-state index in [1.54, 1.807) is 0 Å². The quantitative estimate of drug-likeness (QED) is 0.183. The van der Waals surface area contributed by atoms with Crippen LogP contribution in [0.3, 0.4) is 0 Å². The van der Waals surface area contributed by atoms with Crippen LogP contribution in [0, 0.1) is 0 Å². The molecule has 0 saturated heterocycles. The van der Waals surface area contributed by atoms with Gasteiger partial charge in [-0.15, -0.1) is 0 Å². The van der Waals surface area contributed by atoms with E-state index in [1.807, 2.05) is 0 Å². The molecule has 3 unspecified atom stereocenters. The van der Waals surface area contributed by atoms with Crippen molar-refractivity contribution < 1.29 is 29.1 Å². The smallest absolute Gasteiger partial charge is 0.327 e. The van der Waals surface area contributed by atoms with Crippen molar-refractivity contribution in [1.29, 1.82) is 0 Å². The highest BCUT2D eigenvalue weighted by Gasteiger charge is 2.28. The topological polar surface area (TPSA) is 208 Å². The highest BCUT2D eigenvalue weighted by Crippen LogP contribution is 1.99. The summed E-state index contributed by atoms with van der Waals surface area (Å²) in [5.41, 5.74) is 15.5. The van der Waals surface area contributed by atoms with E-state index >= 15 is 0 Å². The van der Waals surface area contributed by atoms with Crippen molar-refractivity contribution in [3.8, 4) is 0 Å². The van der Waals surface area contributed by atoms with Gasteiger partial charge in [-0.25, -0.2) is 4.79 Å². The van der Waals surface area contributed by atoms with E-state index in [9.17, 15) is 24.0 Å². The second-order valence-corrected chi connectivity index (χ2v) is 5.29. The van der Waals surface area contributed by atoms with Gasteiger partial charge >= 0.3 is 5.97 Å². The lowest BCUT2D eigenvalue weighted by Gasteiger charge is -2.21. The molecule has 11 nitrogen and oxygen atoms in total. The maximum atomic E-state index is 12.0. The number of carbonyl (C=O) groups is 5. The van der Waals surface area contributed by atoms with Gasteiger partial charge in [-0.3, -0.25) is 19.2 Å². The number of thiol groups is 1. The van der Waals surface area contributed by atoms with Gasteiger partial charge in [0.25, 0.3) is 0 Å². The van der Waals surface area contributed by atoms with E-state index in [1.165, 1.54) is 0 Å². The molecule has 3 atom stereocenters. The molecule has 0 aliphatic heterocycles. The van der Waals surface area contributed by atoms with Gasteiger partial charge in [0, 0.05) is 12.2 Å². The third-order valence-electron chi connectivity index (χ3n) is 2.87.